The van der Waals surface area contributed by atoms with Crippen LogP contribution in [0.25, 0.3) is 11.1 Å². The molecule has 0 fully saturated rings. The highest BCUT2D eigenvalue weighted by molar-refractivity contribution is 5.82. The Bertz CT molecular complexity index is 632. The Morgan fingerprint density at radius 3 is 2.71 bits per heavy atom. The number of aryl methyl sites for hydroxylation is 1. The first-order chi connectivity index (χ1) is 9.94. The molecule has 0 aliphatic heterocycles. The van der Waals surface area contributed by atoms with Crippen LogP contribution in [-0.4, -0.2) is 27.4 Å². The summed E-state index contributed by atoms with van der Waals surface area (Å²) in [6.45, 7) is 3.68. The summed E-state index contributed by atoms with van der Waals surface area (Å²) in [5.41, 5.74) is 2.31. The van der Waals surface area contributed by atoms with Crippen molar-refractivity contribution in [2.45, 2.75) is 20.4 Å². The zero-order chi connectivity index (χ0) is 15.5. The van der Waals surface area contributed by atoms with Gasteiger partial charge < -0.3 is 10.4 Å². The molecule has 0 aliphatic rings. The average Bonchev–Trinajstić information content (AvgIpc) is 2.91. The Hall–Kier alpha value is -2.14. The van der Waals surface area contributed by atoms with Crippen LogP contribution in [0.2, 0.25) is 0 Å². The lowest BCUT2D eigenvalue weighted by Gasteiger charge is -2.21. The molecule has 0 bridgehead atoms. The van der Waals surface area contributed by atoms with Crippen LogP contribution in [0.3, 0.4) is 0 Å². The third-order valence-corrected chi connectivity index (χ3v) is 3.48. The van der Waals surface area contributed by atoms with Crippen molar-refractivity contribution in [3.05, 3.63) is 42.2 Å². The van der Waals surface area contributed by atoms with Gasteiger partial charge in [-0.05, 0) is 25.0 Å². The van der Waals surface area contributed by atoms with Crippen molar-refractivity contribution in [1.82, 2.24) is 15.1 Å². The molecule has 0 aliphatic carbocycles. The summed E-state index contributed by atoms with van der Waals surface area (Å²) in [6, 6.07) is 7.90. The van der Waals surface area contributed by atoms with E-state index in [1.54, 1.807) is 24.7 Å². The number of aliphatic hydroxyl groups is 1. The van der Waals surface area contributed by atoms with E-state index in [-0.39, 0.29) is 12.5 Å². The maximum Gasteiger partial charge on any atom is 0.228 e. The van der Waals surface area contributed by atoms with Crippen molar-refractivity contribution in [3.63, 3.8) is 0 Å². The van der Waals surface area contributed by atoms with E-state index in [2.05, 4.69) is 10.4 Å². The zero-order valence-corrected chi connectivity index (χ0v) is 12.6. The van der Waals surface area contributed by atoms with Crippen molar-refractivity contribution in [2.75, 3.05) is 6.61 Å². The number of aromatic nitrogens is 2. The number of carbonyl (C=O) groups is 1. The van der Waals surface area contributed by atoms with Gasteiger partial charge in [0.25, 0.3) is 0 Å². The van der Waals surface area contributed by atoms with Gasteiger partial charge in [0.2, 0.25) is 5.91 Å². The van der Waals surface area contributed by atoms with Crippen molar-refractivity contribution >= 4 is 5.91 Å². The number of hydrogen-bond acceptors (Lipinski definition) is 3. The lowest BCUT2D eigenvalue weighted by atomic mass is 9.93. The Kier molecular flexibility index (Phi) is 4.43. The molecule has 5 heteroatoms. The third kappa shape index (κ3) is 3.49. The topological polar surface area (TPSA) is 67.2 Å². The van der Waals surface area contributed by atoms with Crippen molar-refractivity contribution in [3.8, 4) is 11.1 Å². The van der Waals surface area contributed by atoms with Crippen molar-refractivity contribution in [1.29, 1.82) is 0 Å². The van der Waals surface area contributed by atoms with Gasteiger partial charge in [-0.1, -0.05) is 24.3 Å². The van der Waals surface area contributed by atoms with E-state index in [0.717, 1.165) is 16.7 Å². The molecule has 0 spiro atoms. The van der Waals surface area contributed by atoms with E-state index >= 15 is 0 Å². The fourth-order valence-corrected chi connectivity index (χ4v) is 2.00. The molecule has 21 heavy (non-hydrogen) atoms. The summed E-state index contributed by atoms with van der Waals surface area (Å²) in [5.74, 6) is -0.161. The molecule has 0 saturated heterocycles. The van der Waals surface area contributed by atoms with Gasteiger partial charge in [-0.3, -0.25) is 9.48 Å². The number of nitrogens with one attached hydrogen (secondary N) is 1. The second-order valence-electron chi connectivity index (χ2n) is 5.78. The highest BCUT2D eigenvalue weighted by Crippen LogP contribution is 2.23. The van der Waals surface area contributed by atoms with Gasteiger partial charge in [0, 0.05) is 25.4 Å². The third-order valence-electron chi connectivity index (χ3n) is 3.48. The average molecular weight is 287 g/mol. The lowest BCUT2D eigenvalue weighted by molar-refractivity contribution is -0.131. The number of benzene rings is 1. The monoisotopic (exact) mass is 287 g/mol. The van der Waals surface area contributed by atoms with Crippen LogP contribution < -0.4 is 5.32 Å². The van der Waals surface area contributed by atoms with Crippen LogP contribution in [0, 0.1) is 5.41 Å². The van der Waals surface area contributed by atoms with Gasteiger partial charge in [0.1, 0.15) is 0 Å². The fourth-order valence-electron chi connectivity index (χ4n) is 2.00. The Balaban J connectivity index is 2.17. The summed E-state index contributed by atoms with van der Waals surface area (Å²) < 4.78 is 1.75. The highest BCUT2D eigenvalue weighted by Gasteiger charge is 2.26. The van der Waals surface area contributed by atoms with E-state index in [9.17, 15) is 9.90 Å². The second kappa shape index (κ2) is 6.10. The van der Waals surface area contributed by atoms with Crippen LogP contribution in [0.15, 0.2) is 36.7 Å². The number of carbonyl (C=O) groups excluding carboxylic acids is 1. The number of amides is 1. The van der Waals surface area contributed by atoms with Gasteiger partial charge in [0.15, 0.2) is 0 Å². The van der Waals surface area contributed by atoms with Gasteiger partial charge in [-0.25, -0.2) is 0 Å². The van der Waals surface area contributed by atoms with Gasteiger partial charge in [0.05, 0.1) is 18.2 Å². The Morgan fingerprint density at radius 1 is 1.38 bits per heavy atom. The minimum Gasteiger partial charge on any atom is -0.395 e. The lowest BCUT2D eigenvalue weighted by Crippen LogP contribution is -2.38. The number of aliphatic hydroxyl groups excluding tert-OH is 1. The normalized spacial score (nSPS) is 11.4. The van der Waals surface area contributed by atoms with E-state index in [1.807, 2.05) is 37.5 Å². The SMILES string of the molecule is Cn1cc(-c2ccccc2CNC(=O)C(C)(C)CO)cn1. The highest BCUT2D eigenvalue weighted by atomic mass is 16.3. The maximum absolute atomic E-state index is 12.0. The fraction of sp³-hybridized carbons (Fsp3) is 0.375. The second-order valence-corrected chi connectivity index (χ2v) is 5.78. The zero-order valence-electron chi connectivity index (χ0n) is 12.6. The predicted molar refractivity (Wildman–Crippen MR) is 81.4 cm³/mol. The molecule has 2 rings (SSSR count). The van der Waals surface area contributed by atoms with Gasteiger partial charge in [-0.15, -0.1) is 0 Å². The first-order valence-corrected chi connectivity index (χ1v) is 6.90. The quantitative estimate of drug-likeness (QED) is 0.880. The van der Waals surface area contributed by atoms with Crippen LogP contribution in [-0.2, 0) is 18.4 Å². The molecule has 2 N–H and O–H groups in total. The van der Waals surface area contributed by atoms with E-state index < -0.39 is 5.41 Å². The number of hydrogen-bond donors (Lipinski definition) is 2. The minimum atomic E-state index is -0.775. The van der Waals surface area contributed by atoms with E-state index in [0.29, 0.717) is 6.54 Å². The Morgan fingerprint density at radius 2 is 2.10 bits per heavy atom. The van der Waals surface area contributed by atoms with Crippen LogP contribution in [0.5, 0.6) is 0 Å². The van der Waals surface area contributed by atoms with Gasteiger partial charge in [-0.2, -0.15) is 5.10 Å². The number of rotatable bonds is 5. The summed E-state index contributed by atoms with van der Waals surface area (Å²) >= 11 is 0. The largest absolute Gasteiger partial charge is 0.395 e. The predicted octanol–water partition coefficient (Wildman–Crippen LogP) is 1.72. The van der Waals surface area contributed by atoms with Crippen molar-refractivity contribution in [2.24, 2.45) is 12.5 Å². The molecule has 0 radical (unpaired) electrons. The summed E-state index contributed by atoms with van der Waals surface area (Å²) in [7, 11) is 1.87. The Labute approximate surface area is 124 Å². The molecule has 1 heterocycles. The van der Waals surface area contributed by atoms with Crippen molar-refractivity contribution < 1.29 is 9.90 Å². The summed E-state index contributed by atoms with van der Waals surface area (Å²) in [4.78, 5) is 12.0. The first kappa shape index (κ1) is 15.3. The standard InChI is InChI=1S/C16H21N3O2/c1-16(2,11-20)15(21)17-8-12-6-4-5-7-14(12)13-9-18-19(3)10-13/h4-7,9-10,20H,8,11H2,1-3H3,(H,17,21). The molecule has 0 atom stereocenters. The molecular weight excluding hydrogens is 266 g/mol. The van der Waals surface area contributed by atoms with Gasteiger partial charge >= 0.3 is 0 Å². The molecule has 1 aromatic carbocycles. The van der Waals surface area contributed by atoms with Crippen LogP contribution >= 0.6 is 0 Å². The molecule has 1 amide bonds. The number of nitrogens with zero attached hydrogens (tertiary/aromatic N) is 2. The molecule has 1 aromatic heterocycles. The molecular formula is C16H21N3O2. The minimum absolute atomic E-state index is 0.161. The summed E-state index contributed by atoms with van der Waals surface area (Å²) in [5, 5.41) is 16.3. The smallest absolute Gasteiger partial charge is 0.228 e. The molecule has 0 saturated carbocycles. The first-order valence-electron chi connectivity index (χ1n) is 6.90. The van der Waals surface area contributed by atoms with E-state index in [4.69, 9.17) is 0 Å². The van der Waals surface area contributed by atoms with E-state index in [1.165, 1.54) is 0 Å². The van der Waals surface area contributed by atoms with Crippen LogP contribution in [0.1, 0.15) is 19.4 Å². The molecule has 0 unspecified atom stereocenters. The van der Waals surface area contributed by atoms with Crippen LogP contribution in [0.4, 0.5) is 0 Å². The molecule has 112 valence electrons. The summed E-state index contributed by atoms with van der Waals surface area (Å²) in [6.07, 6.45) is 3.75. The molecule has 5 nitrogen and oxygen atoms in total. The molecule has 2 aromatic rings. The maximum atomic E-state index is 12.0.